The molecule has 2 fully saturated rings. The van der Waals surface area contributed by atoms with Gasteiger partial charge < -0.3 is 50.0 Å². The molecule has 0 aliphatic carbocycles. The molecule has 0 bridgehead atoms. The van der Waals surface area contributed by atoms with E-state index in [1.165, 1.54) is 62.7 Å². The molecule has 12 aromatic rings. The van der Waals surface area contributed by atoms with E-state index in [4.69, 9.17) is 29.7 Å². The first-order valence-electron chi connectivity index (χ1n) is 42.9. The quantitative estimate of drug-likeness (QED) is 0.0274. The van der Waals surface area contributed by atoms with Gasteiger partial charge in [-0.05, 0) is 146 Å². The van der Waals surface area contributed by atoms with Gasteiger partial charge in [-0.3, -0.25) is 0 Å². The van der Waals surface area contributed by atoms with Gasteiger partial charge in [0.1, 0.15) is 108 Å². The Balaban J connectivity index is 0.000000167. The van der Waals surface area contributed by atoms with Crippen molar-refractivity contribution in [1.29, 1.82) is 0 Å². The number of carbonyl (C=O) groups excluding carboxylic acids is 3. The minimum atomic E-state index is -1.28. The molecule has 3 aliphatic rings. The summed E-state index contributed by atoms with van der Waals surface area (Å²) in [5, 5.41) is 20.4. The summed E-state index contributed by atoms with van der Waals surface area (Å²) in [6.07, 6.45) is -2.45. The molecule has 7 atom stereocenters. The van der Waals surface area contributed by atoms with Crippen LogP contribution in [0.15, 0.2) is 230 Å². The Morgan fingerprint density at radius 1 is 0.409 bits per heavy atom. The van der Waals surface area contributed by atoms with Gasteiger partial charge in [-0.15, -0.1) is 0 Å². The molecule has 0 unspecified atom stereocenters. The number of nitrogens with one attached hydrogen (secondary N) is 2. The van der Waals surface area contributed by atoms with Gasteiger partial charge in [0.25, 0.3) is 0 Å². The molecule has 2 saturated heterocycles. The Morgan fingerprint density at radius 2 is 0.758 bits per heavy atom. The Kier molecular flexibility index (Phi) is 32.9. The Hall–Kier alpha value is -13.0. The first-order valence-corrected chi connectivity index (χ1v) is 42.9. The smallest absolute Gasteiger partial charge is 0.410 e. The molecule has 6 heterocycles. The molecule has 15 rings (SSSR count). The number of likely N-dealkylation sites (tertiary alicyclic amines) is 2. The van der Waals surface area contributed by atoms with Gasteiger partial charge in [0.2, 0.25) is 0 Å². The van der Waals surface area contributed by atoms with Crippen LogP contribution in [-0.2, 0) is 58.4 Å². The monoisotopic (exact) mass is 1830 g/mol. The predicted octanol–water partition coefficient (Wildman–Crippen LogP) is 19.8. The first-order chi connectivity index (χ1) is 62.9. The topological polar surface area (TPSA) is 240 Å². The van der Waals surface area contributed by atoms with Crippen molar-refractivity contribution in [2.75, 3.05) is 59.5 Å². The van der Waals surface area contributed by atoms with Crippen molar-refractivity contribution in [2.45, 2.75) is 138 Å². The van der Waals surface area contributed by atoms with Crippen molar-refractivity contribution in [1.82, 2.24) is 69.6 Å². The van der Waals surface area contributed by atoms with E-state index in [2.05, 4.69) is 35.9 Å². The third-order valence-electron chi connectivity index (χ3n) is 22.1. The predicted molar refractivity (Wildman–Crippen MR) is 476 cm³/mol. The summed E-state index contributed by atoms with van der Waals surface area (Å²) in [4.78, 5) is 55.1. The minimum Gasteiger partial charge on any atom is -0.445 e. The number of alkyl halides is 2. The van der Waals surface area contributed by atoms with Crippen LogP contribution in [0.4, 0.5) is 62.7 Å². The van der Waals surface area contributed by atoms with Crippen LogP contribution < -0.4 is 16.4 Å². The van der Waals surface area contributed by atoms with E-state index in [0.717, 1.165) is 76.9 Å². The number of hydrogen-bond donors (Lipinski definition) is 3. The summed E-state index contributed by atoms with van der Waals surface area (Å²) in [7, 11) is 1.44. The highest BCUT2D eigenvalue weighted by atomic mass is 19.2. The Morgan fingerprint density at radius 3 is 1.13 bits per heavy atom. The van der Waals surface area contributed by atoms with E-state index in [-0.39, 0.29) is 136 Å². The number of amides is 3. The van der Waals surface area contributed by atoms with Crippen molar-refractivity contribution < 1.29 is 81.6 Å². The number of rotatable bonds is 25. The molecule has 9 aromatic carbocycles. The third kappa shape index (κ3) is 26.9. The second kappa shape index (κ2) is 44.3. The highest BCUT2D eigenvalue weighted by Gasteiger charge is 2.41. The van der Waals surface area contributed by atoms with Crippen molar-refractivity contribution >= 4 is 18.3 Å². The van der Waals surface area contributed by atoms with Gasteiger partial charge in [0, 0.05) is 45.8 Å². The van der Waals surface area contributed by atoms with Crippen molar-refractivity contribution in [3.05, 3.63) is 333 Å². The normalized spacial score (nSPS) is 16.3. The average Bonchev–Trinajstić information content (AvgIpc) is 1.65. The fourth-order valence-corrected chi connectivity index (χ4v) is 14.9. The lowest BCUT2D eigenvalue weighted by Crippen LogP contribution is -2.39. The molecule has 22 nitrogen and oxygen atoms in total. The fourth-order valence-electron chi connectivity index (χ4n) is 14.9. The number of halogens is 11. The Labute approximate surface area is 759 Å². The van der Waals surface area contributed by atoms with E-state index in [1.54, 1.807) is 46.0 Å². The van der Waals surface area contributed by atoms with Gasteiger partial charge in [-0.25, -0.2) is 91.7 Å². The van der Waals surface area contributed by atoms with Crippen LogP contribution >= 0.6 is 0 Å². The number of nitrogens with zero attached hydrogens (tertiary/aromatic N) is 12. The van der Waals surface area contributed by atoms with E-state index in [0.29, 0.717) is 53.8 Å². The van der Waals surface area contributed by atoms with E-state index < -0.39 is 100 Å². The summed E-state index contributed by atoms with van der Waals surface area (Å²) in [6.45, 7) is 20.6. The molecule has 4 N–H and O–H groups in total. The maximum atomic E-state index is 15.2. The molecule has 3 amide bonds. The molecule has 3 aromatic heterocycles. The number of hydrogen-bond acceptors (Lipinski definition) is 16. The second-order valence-electron chi connectivity index (χ2n) is 35.6. The SMILES string of the molecule is CC(C)(C)[C@@H](N)c1nc(-c2cc(F)ccc2F)nn1Cc1cccc(F)c1.CC(C)(C)[C@@H](NCC1=CCN(C(=O)OCc2ccccc2)C1)c1nc(-c2cc(F)ccc2F)nn1Cc1cccc(F)c1.CC(C)(C)[C@@H](NC[C@@H]1CN(C(=O)OCc2ccccc2)C[C@@H]1F)c1nc(-c2cc(F)ccc2F)nn1Cc1cccc(F)c1.CO[C@@H]1CN(C(=O)OCc2ccccc2)C[C@@H]1F. The van der Waals surface area contributed by atoms with Crippen LogP contribution in [0.1, 0.15) is 131 Å². The standard InChI is InChI=1S/C33H35F4N5O2.C33H34F3N5O2.C20H21F3N4.C13H16FNO3/c1-33(2,3)29(38-16-23-18-41(19-28(23)37)32(43)44-20-21-8-5-4-6-9-21)31-39-30(26-15-25(35)12-13-27(26)36)40-42(31)17-22-10-7-11-24(34)14-22;1-33(2,3)29(37-18-24-14-15-40(19-24)32(42)43-21-22-8-5-4-6-9-22)31-38-30(27-17-26(35)12-13-28(27)36)39-41(31)20-23-10-7-11-25(34)16-23;1-20(2,3)17(24)19-25-18(15-10-14(22)7-8-16(15)23)26-27(19)11-12-5-4-6-13(21)9-12;1-17-12-8-15(7-11(12)14)13(16)18-9-10-5-3-2-4-6-10/h4-15,23,28-29,38H,16-20H2,1-3H3;4-14,16-17,29,37H,15,18-21H2,1-3H3;4-10,17H,11,24H2,1-3H3;2-6,11-12H,7-9H2,1H3/t23-,28+,29+;29-;17-;11-,12+/m1000/s1. The van der Waals surface area contributed by atoms with Crippen LogP contribution in [0.3, 0.4) is 0 Å². The zero-order valence-corrected chi connectivity index (χ0v) is 74.8. The summed E-state index contributed by atoms with van der Waals surface area (Å²) in [5.74, 6) is -4.15. The zero-order chi connectivity index (χ0) is 94.7. The van der Waals surface area contributed by atoms with E-state index in [9.17, 15) is 58.3 Å². The third-order valence-corrected chi connectivity index (χ3v) is 22.1. The number of benzene rings is 9. The number of ether oxygens (including phenoxy) is 4. The van der Waals surface area contributed by atoms with Crippen LogP contribution in [0, 0.1) is 74.5 Å². The molecule has 132 heavy (non-hydrogen) atoms. The lowest BCUT2D eigenvalue weighted by Gasteiger charge is -2.32. The van der Waals surface area contributed by atoms with Crippen LogP contribution in [0.2, 0.25) is 0 Å². The fraction of sp³-hybridized carbons (Fsp3) is 0.343. The maximum Gasteiger partial charge on any atom is 0.410 e. The maximum absolute atomic E-state index is 15.2. The molecule has 0 radical (unpaired) electrons. The molecular weight excluding hydrogens is 1720 g/mol. The average molecular weight is 1830 g/mol. The summed E-state index contributed by atoms with van der Waals surface area (Å²) >= 11 is 0. The van der Waals surface area contributed by atoms with Gasteiger partial charge in [0.05, 0.1) is 74.1 Å². The molecule has 33 heteroatoms. The summed E-state index contributed by atoms with van der Waals surface area (Å²) in [6, 6.07) is 54.2. The van der Waals surface area contributed by atoms with Crippen LogP contribution in [-0.4, -0.2) is 155 Å². The molecule has 3 aliphatic heterocycles. The number of carbonyl (C=O) groups is 3. The van der Waals surface area contributed by atoms with Crippen molar-refractivity contribution in [3.63, 3.8) is 0 Å². The molecule has 0 saturated carbocycles. The highest BCUT2D eigenvalue weighted by Crippen LogP contribution is 2.39. The van der Waals surface area contributed by atoms with Gasteiger partial charge in [0.15, 0.2) is 17.5 Å². The van der Waals surface area contributed by atoms with E-state index >= 15 is 4.39 Å². The number of nitrogens with two attached hydrogens (primary N) is 1. The zero-order valence-electron chi connectivity index (χ0n) is 74.8. The van der Waals surface area contributed by atoms with Gasteiger partial charge >= 0.3 is 18.3 Å². The minimum absolute atomic E-state index is 0.0268. The highest BCUT2D eigenvalue weighted by molar-refractivity contribution is 5.70. The first kappa shape index (κ1) is 98.1. The lowest BCUT2D eigenvalue weighted by atomic mass is 9.85. The van der Waals surface area contributed by atoms with Crippen LogP contribution in [0.5, 0.6) is 0 Å². The van der Waals surface area contributed by atoms with Crippen molar-refractivity contribution in [2.24, 2.45) is 27.9 Å². The van der Waals surface area contributed by atoms with E-state index in [1.807, 2.05) is 159 Å². The molecular formula is C99H106F11N15O7. The number of methoxy groups -OCH3 is 1. The summed E-state index contributed by atoms with van der Waals surface area (Å²) in [5.41, 5.74) is 10.5. The van der Waals surface area contributed by atoms with Gasteiger partial charge in [-0.1, -0.05) is 196 Å². The largest absolute Gasteiger partial charge is 0.445 e. The summed E-state index contributed by atoms with van der Waals surface area (Å²) < 4.78 is 181. The Bertz CT molecular complexity index is 5910. The van der Waals surface area contributed by atoms with Crippen molar-refractivity contribution in [3.8, 4) is 34.2 Å². The second-order valence-corrected chi connectivity index (χ2v) is 35.6. The molecule has 0 spiro atoms. The number of aromatic nitrogens is 9. The van der Waals surface area contributed by atoms with Gasteiger partial charge in [-0.2, -0.15) is 15.3 Å². The molecule has 696 valence electrons. The van der Waals surface area contributed by atoms with Crippen LogP contribution in [0.25, 0.3) is 34.2 Å². The lowest BCUT2D eigenvalue weighted by molar-refractivity contribution is 0.0602.